The summed E-state index contributed by atoms with van der Waals surface area (Å²) in [4.78, 5) is 35.0. The van der Waals surface area contributed by atoms with E-state index in [4.69, 9.17) is 0 Å². The van der Waals surface area contributed by atoms with Crippen LogP contribution in [-0.4, -0.2) is 26.7 Å². The standard InChI is InChI=1S/C24H22N4O2/c1-16-25-13-11-22(26-16)19-7-9-20(10-8-19)27-24(30)15-23-21-6-4-3-5-18(21)12-14-28(23)17(2)29/h3-14,23H,15H2,1-2H3,(H,27,30)/t23-/m1/s1. The smallest absolute Gasteiger partial charge is 0.226 e. The van der Waals surface area contributed by atoms with Crippen LogP contribution < -0.4 is 5.32 Å². The van der Waals surface area contributed by atoms with Gasteiger partial charge in [0.25, 0.3) is 0 Å². The van der Waals surface area contributed by atoms with Gasteiger partial charge in [-0.15, -0.1) is 0 Å². The number of fused-ring (bicyclic) bond motifs is 1. The fraction of sp³-hybridized carbons (Fsp3) is 0.167. The summed E-state index contributed by atoms with van der Waals surface area (Å²) in [6, 6.07) is 16.9. The lowest BCUT2D eigenvalue weighted by atomic mass is 9.93. The molecule has 6 nitrogen and oxygen atoms in total. The topological polar surface area (TPSA) is 75.2 Å². The molecule has 0 saturated heterocycles. The Labute approximate surface area is 175 Å². The van der Waals surface area contributed by atoms with Crippen molar-refractivity contribution in [2.45, 2.75) is 26.3 Å². The van der Waals surface area contributed by atoms with Crippen molar-refractivity contribution in [1.29, 1.82) is 0 Å². The highest BCUT2D eigenvalue weighted by Crippen LogP contribution is 2.33. The fourth-order valence-corrected chi connectivity index (χ4v) is 3.64. The van der Waals surface area contributed by atoms with Gasteiger partial charge in [-0.25, -0.2) is 9.97 Å². The molecule has 1 atom stereocenters. The number of amides is 2. The van der Waals surface area contributed by atoms with Crippen LogP contribution in [0, 0.1) is 6.92 Å². The highest BCUT2D eigenvalue weighted by atomic mass is 16.2. The summed E-state index contributed by atoms with van der Waals surface area (Å²) in [5.41, 5.74) is 4.48. The van der Waals surface area contributed by atoms with Gasteiger partial charge in [-0.3, -0.25) is 9.59 Å². The molecular formula is C24H22N4O2. The number of hydrogen-bond donors (Lipinski definition) is 1. The zero-order valence-corrected chi connectivity index (χ0v) is 16.9. The van der Waals surface area contributed by atoms with E-state index in [1.165, 1.54) is 6.92 Å². The normalized spacial score (nSPS) is 14.9. The summed E-state index contributed by atoms with van der Waals surface area (Å²) in [5, 5.41) is 2.94. The molecule has 0 spiro atoms. The monoisotopic (exact) mass is 398 g/mol. The van der Waals surface area contributed by atoms with Gasteiger partial charge in [0, 0.05) is 30.6 Å². The van der Waals surface area contributed by atoms with Crippen LogP contribution in [0.15, 0.2) is 67.0 Å². The molecule has 0 unspecified atom stereocenters. The Bertz CT molecular complexity index is 1120. The summed E-state index contributed by atoms with van der Waals surface area (Å²) in [5.74, 6) is 0.465. The van der Waals surface area contributed by atoms with E-state index >= 15 is 0 Å². The SMILES string of the molecule is CC(=O)N1C=Cc2ccccc2[C@H]1CC(=O)Nc1ccc(-c2ccnc(C)n2)cc1. The summed E-state index contributed by atoms with van der Waals surface area (Å²) in [6.07, 6.45) is 5.55. The Morgan fingerprint density at radius 3 is 2.57 bits per heavy atom. The molecule has 0 bridgehead atoms. The fourth-order valence-electron chi connectivity index (χ4n) is 3.64. The van der Waals surface area contributed by atoms with Gasteiger partial charge in [-0.05, 0) is 42.3 Å². The van der Waals surface area contributed by atoms with Crippen LogP contribution in [0.4, 0.5) is 5.69 Å². The molecule has 3 aromatic rings. The number of benzene rings is 2. The van der Waals surface area contributed by atoms with E-state index in [9.17, 15) is 9.59 Å². The summed E-state index contributed by atoms with van der Waals surface area (Å²) in [6.45, 7) is 3.36. The van der Waals surface area contributed by atoms with Crippen molar-refractivity contribution in [3.05, 3.63) is 83.9 Å². The zero-order valence-electron chi connectivity index (χ0n) is 16.9. The number of nitrogens with one attached hydrogen (secondary N) is 1. The van der Waals surface area contributed by atoms with Crippen LogP contribution in [0.25, 0.3) is 17.3 Å². The van der Waals surface area contributed by atoms with E-state index in [1.54, 1.807) is 17.3 Å². The third-order valence-electron chi connectivity index (χ3n) is 5.09. The third-order valence-corrected chi connectivity index (χ3v) is 5.09. The minimum absolute atomic E-state index is 0.0944. The maximum Gasteiger partial charge on any atom is 0.226 e. The highest BCUT2D eigenvalue weighted by molar-refractivity contribution is 5.92. The molecule has 1 aliphatic rings. The molecule has 2 amide bonds. The molecule has 0 fully saturated rings. The van der Waals surface area contributed by atoms with Crippen LogP contribution in [0.1, 0.15) is 36.3 Å². The molecule has 0 saturated carbocycles. The molecule has 150 valence electrons. The molecule has 1 N–H and O–H groups in total. The summed E-state index contributed by atoms with van der Waals surface area (Å²) in [7, 11) is 0. The first-order valence-corrected chi connectivity index (χ1v) is 9.77. The Morgan fingerprint density at radius 1 is 1.07 bits per heavy atom. The van der Waals surface area contributed by atoms with Crippen molar-refractivity contribution in [3.8, 4) is 11.3 Å². The van der Waals surface area contributed by atoms with Crippen LogP contribution in [0.3, 0.4) is 0 Å². The number of nitrogens with zero attached hydrogens (tertiary/aromatic N) is 3. The van der Waals surface area contributed by atoms with Crippen LogP contribution in [-0.2, 0) is 9.59 Å². The molecular weight excluding hydrogens is 376 g/mol. The second-order valence-electron chi connectivity index (χ2n) is 7.21. The number of aromatic nitrogens is 2. The lowest BCUT2D eigenvalue weighted by molar-refractivity contribution is -0.129. The predicted molar refractivity (Wildman–Crippen MR) is 116 cm³/mol. The van der Waals surface area contributed by atoms with Gasteiger partial charge in [0.15, 0.2) is 0 Å². The molecule has 0 radical (unpaired) electrons. The van der Waals surface area contributed by atoms with Gasteiger partial charge < -0.3 is 10.2 Å². The van der Waals surface area contributed by atoms with Crippen molar-refractivity contribution >= 4 is 23.6 Å². The number of hydrogen-bond acceptors (Lipinski definition) is 4. The van der Waals surface area contributed by atoms with E-state index in [0.717, 1.165) is 22.4 Å². The second kappa shape index (κ2) is 8.29. The van der Waals surface area contributed by atoms with Gasteiger partial charge in [-0.1, -0.05) is 36.4 Å². The van der Waals surface area contributed by atoms with Crippen molar-refractivity contribution in [1.82, 2.24) is 14.9 Å². The molecule has 2 heterocycles. The Hall–Kier alpha value is -3.80. The van der Waals surface area contributed by atoms with Crippen LogP contribution >= 0.6 is 0 Å². The molecule has 0 aliphatic carbocycles. The van der Waals surface area contributed by atoms with Crippen molar-refractivity contribution in [3.63, 3.8) is 0 Å². The maximum absolute atomic E-state index is 12.8. The number of anilines is 1. The van der Waals surface area contributed by atoms with E-state index in [1.807, 2.05) is 67.6 Å². The Balaban J connectivity index is 1.49. The zero-order chi connectivity index (χ0) is 21.1. The van der Waals surface area contributed by atoms with Crippen LogP contribution in [0.2, 0.25) is 0 Å². The lowest BCUT2D eigenvalue weighted by Gasteiger charge is -2.32. The minimum atomic E-state index is -0.327. The number of aryl methyl sites for hydroxylation is 1. The summed E-state index contributed by atoms with van der Waals surface area (Å²) < 4.78 is 0. The van der Waals surface area contributed by atoms with Gasteiger partial charge in [0.1, 0.15) is 5.82 Å². The Morgan fingerprint density at radius 2 is 1.83 bits per heavy atom. The first-order chi connectivity index (χ1) is 14.5. The number of rotatable bonds is 4. The van der Waals surface area contributed by atoms with Crippen molar-refractivity contribution < 1.29 is 9.59 Å². The van der Waals surface area contributed by atoms with Crippen molar-refractivity contribution in [2.75, 3.05) is 5.32 Å². The third kappa shape index (κ3) is 4.12. The van der Waals surface area contributed by atoms with Crippen molar-refractivity contribution in [2.24, 2.45) is 0 Å². The maximum atomic E-state index is 12.8. The van der Waals surface area contributed by atoms with E-state index < -0.39 is 0 Å². The second-order valence-corrected chi connectivity index (χ2v) is 7.21. The predicted octanol–water partition coefficient (Wildman–Crippen LogP) is 4.35. The Kier molecular flexibility index (Phi) is 5.39. The quantitative estimate of drug-likeness (QED) is 0.709. The average Bonchev–Trinajstić information content (AvgIpc) is 2.74. The average molecular weight is 398 g/mol. The first-order valence-electron chi connectivity index (χ1n) is 9.77. The first kappa shape index (κ1) is 19.5. The molecule has 1 aliphatic heterocycles. The van der Waals surface area contributed by atoms with Gasteiger partial charge in [0.05, 0.1) is 18.2 Å². The van der Waals surface area contributed by atoms with E-state index in [2.05, 4.69) is 15.3 Å². The minimum Gasteiger partial charge on any atom is -0.326 e. The van der Waals surface area contributed by atoms with E-state index in [0.29, 0.717) is 11.5 Å². The van der Waals surface area contributed by atoms with Gasteiger partial charge in [0.2, 0.25) is 11.8 Å². The summed E-state index contributed by atoms with van der Waals surface area (Å²) >= 11 is 0. The largest absolute Gasteiger partial charge is 0.326 e. The van der Waals surface area contributed by atoms with E-state index in [-0.39, 0.29) is 24.3 Å². The highest BCUT2D eigenvalue weighted by Gasteiger charge is 2.28. The number of carbonyl (C=O) groups is 2. The van der Waals surface area contributed by atoms with Gasteiger partial charge in [-0.2, -0.15) is 0 Å². The van der Waals surface area contributed by atoms with Crippen LogP contribution in [0.5, 0.6) is 0 Å². The molecule has 2 aromatic carbocycles. The number of carbonyl (C=O) groups excluding carboxylic acids is 2. The molecule has 1 aromatic heterocycles. The molecule has 4 rings (SSSR count). The van der Waals surface area contributed by atoms with Gasteiger partial charge >= 0.3 is 0 Å². The molecule has 30 heavy (non-hydrogen) atoms. The molecule has 6 heteroatoms. The lowest BCUT2D eigenvalue weighted by Crippen LogP contribution is -2.33.